The first-order valence-electron chi connectivity index (χ1n) is 14.6. The van der Waals surface area contributed by atoms with Gasteiger partial charge in [-0.05, 0) is 60.0 Å². The molecular formula is C34H31N5O2S. The van der Waals surface area contributed by atoms with Gasteiger partial charge in [-0.1, -0.05) is 73.9 Å². The van der Waals surface area contributed by atoms with Gasteiger partial charge < -0.3 is 4.57 Å². The van der Waals surface area contributed by atoms with Gasteiger partial charge in [-0.3, -0.25) is 10.1 Å². The number of nitrogens with zero attached hydrogens (tertiary/aromatic N) is 5. The molecule has 3 heterocycles. The van der Waals surface area contributed by atoms with Crippen molar-refractivity contribution in [1.29, 1.82) is 0 Å². The molecule has 0 aliphatic carbocycles. The molecule has 0 bridgehead atoms. The summed E-state index contributed by atoms with van der Waals surface area (Å²) in [4.78, 5) is 15.8. The number of thiazole rings is 1. The first-order valence-corrected chi connectivity index (χ1v) is 15.4. The monoisotopic (exact) mass is 573 g/mol. The van der Waals surface area contributed by atoms with E-state index in [0.29, 0.717) is 6.42 Å². The number of para-hydroxylation sites is 2. The highest BCUT2D eigenvalue weighted by molar-refractivity contribution is 7.22. The van der Waals surface area contributed by atoms with Crippen LogP contribution in [0.5, 0.6) is 0 Å². The first kappa shape index (κ1) is 26.3. The lowest BCUT2D eigenvalue weighted by Gasteiger charge is -2.21. The van der Waals surface area contributed by atoms with Crippen LogP contribution < -0.4 is 5.01 Å². The fraction of sp³-hybridized carbons (Fsp3) is 0.235. The molecule has 0 radical (unpaired) electrons. The maximum Gasteiger partial charge on any atom is 0.269 e. The maximum absolute atomic E-state index is 11.2. The van der Waals surface area contributed by atoms with Crippen molar-refractivity contribution < 1.29 is 4.92 Å². The predicted molar refractivity (Wildman–Crippen MR) is 173 cm³/mol. The molecule has 0 amide bonds. The summed E-state index contributed by atoms with van der Waals surface area (Å²) in [6.07, 6.45) is 5.58. The van der Waals surface area contributed by atoms with E-state index >= 15 is 0 Å². The number of aromatic nitrogens is 2. The molecule has 0 spiro atoms. The van der Waals surface area contributed by atoms with E-state index < -0.39 is 0 Å². The van der Waals surface area contributed by atoms with Crippen LogP contribution in [0.1, 0.15) is 56.2 Å². The number of benzene rings is 4. The minimum Gasteiger partial charge on any atom is -0.340 e. The molecule has 6 aromatic rings. The van der Waals surface area contributed by atoms with Crippen LogP contribution in [0.3, 0.4) is 0 Å². The van der Waals surface area contributed by atoms with E-state index in [-0.39, 0.29) is 16.7 Å². The summed E-state index contributed by atoms with van der Waals surface area (Å²) in [5.74, 6) is 0. The van der Waals surface area contributed by atoms with Gasteiger partial charge in [0.1, 0.15) is 0 Å². The molecule has 0 fully saturated rings. The fourth-order valence-corrected chi connectivity index (χ4v) is 7.04. The minimum absolute atomic E-state index is 0.0492. The third-order valence-electron chi connectivity index (χ3n) is 8.22. The SMILES string of the molecule is CCCCCCn1c2ccccc2c2cc(C3CC(c4ccc([N+](=O)[O-])cc4)=NN3c3nc4ccccc4s3)ccc21. The summed E-state index contributed by atoms with van der Waals surface area (Å²) in [6.45, 7) is 3.26. The Morgan fingerprint density at radius 1 is 0.905 bits per heavy atom. The molecule has 1 aliphatic heterocycles. The minimum atomic E-state index is -0.369. The Bertz CT molecular complexity index is 1920. The van der Waals surface area contributed by atoms with Crippen LogP contribution in [0.25, 0.3) is 32.0 Å². The van der Waals surface area contributed by atoms with Crippen molar-refractivity contribution in [2.24, 2.45) is 5.10 Å². The van der Waals surface area contributed by atoms with Gasteiger partial charge in [0, 0.05) is 46.9 Å². The van der Waals surface area contributed by atoms with E-state index in [2.05, 4.69) is 60.0 Å². The lowest BCUT2D eigenvalue weighted by molar-refractivity contribution is -0.384. The molecule has 0 N–H and O–H groups in total. The fourth-order valence-electron chi connectivity index (χ4n) is 6.07. The molecule has 1 unspecified atom stereocenters. The molecule has 2 aromatic heterocycles. The van der Waals surface area contributed by atoms with Crippen molar-refractivity contribution >= 4 is 59.9 Å². The summed E-state index contributed by atoms with van der Waals surface area (Å²) >= 11 is 1.63. The van der Waals surface area contributed by atoms with Gasteiger partial charge in [-0.25, -0.2) is 9.99 Å². The Morgan fingerprint density at radius 3 is 2.50 bits per heavy atom. The molecule has 8 heteroatoms. The number of hydrazone groups is 1. The number of hydrogen-bond acceptors (Lipinski definition) is 6. The zero-order chi connectivity index (χ0) is 28.6. The van der Waals surface area contributed by atoms with E-state index in [4.69, 9.17) is 10.1 Å². The van der Waals surface area contributed by atoms with Crippen LogP contribution in [0.2, 0.25) is 0 Å². The number of anilines is 1. The average molecular weight is 574 g/mol. The number of aryl methyl sites for hydroxylation is 1. The highest BCUT2D eigenvalue weighted by Crippen LogP contribution is 2.42. The Labute approximate surface area is 247 Å². The van der Waals surface area contributed by atoms with Crippen LogP contribution in [0.4, 0.5) is 10.8 Å². The third-order valence-corrected chi connectivity index (χ3v) is 9.24. The van der Waals surface area contributed by atoms with Crippen molar-refractivity contribution in [3.05, 3.63) is 112 Å². The quantitative estimate of drug-likeness (QED) is 0.0981. The lowest BCUT2D eigenvalue weighted by atomic mass is 9.97. The van der Waals surface area contributed by atoms with Gasteiger partial charge >= 0.3 is 0 Å². The second-order valence-corrected chi connectivity index (χ2v) is 11.9. The van der Waals surface area contributed by atoms with Gasteiger partial charge in [0.15, 0.2) is 0 Å². The summed E-state index contributed by atoms with van der Waals surface area (Å²) in [5.41, 5.74) is 6.53. The summed E-state index contributed by atoms with van der Waals surface area (Å²) in [6, 6.07) is 30.3. The molecule has 210 valence electrons. The highest BCUT2D eigenvalue weighted by Gasteiger charge is 2.32. The normalized spacial score (nSPS) is 15.2. The van der Waals surface area contributed by atoms with E-state index in [0.717, 1.165) is 33.2 Å². The number of nitro benzene ring substituents is 1. The van der Waals surface area contributed by atoms with E-state index in [1.165, 1.54) is 53.1 Å². The molecule has 0 saturated carbocycles. The van der Waals surface area contributed by atoms with Gasteiger partial charge in [-0.15, -0.1) is 0 Å². The molecule has 7 rings (SSSR count). The standard InChI is InChI=1S/C34H31N5O2S/c1-2-3-4-9-20-37-30-12-7-5-10-26(30)27-21-24(16-19-31(27)37)32-22-29(23-14-17-25(18-15-23)39(40)41)36-38(32)34-35-28-11-6-8-13-33(28)42-34/h5-8,10-19,21,32H,2-4,9,20,22H2,1H3. The first-order chi connectivity index (χ1) is 20.6. The second-order valence-electron chi connectivity index (χ2n) is 10.9. The molecule has 7 nitrogen and oxygen atoms in total. The second kappa shape index (κ2) is 11.0. The average Bonchev–Trinajstić information content (AvgIpc) is 3.73. The number of fused-ring (bicyclic) bond motifs is 4. The van der Waals surface area contributed by atoms with Gasteiger partial charge in [0.2, 0.25) is 5.13 Å². The lowest BCUT2D eigenvalue weighted by Crippen LogP contribution is -2.18. The highest BCUT2D eigenvalue weighted by atomic mass is 32.1. The number of rotatable bonds is 9. The third kappa shape index (κ3) is 4.71. The Balaban J connectivity index is 1.31. The van der Waals surface area contributed by atoms with Crippen LogP contribution >= 0.6 is 11.3 Å². The number of nitro groups is 1. The van der Waals surface area contributed by atoms with Crippen molar-refractivity contribution in [2.75, 3.05) is 5.01 Å². The number of non-ortho nitro benzene ring substituents is 1. The smallest absolute Gasteiger partial charge is 0.269 e. The van der Waals surface area contributed by atoms with E-state index in [1.54, 1.807) is 35.6 Å². The Kier molecular flexibility index (Phi) is 6.91. The molecule has 42 heavy (non-hydrogen) atoms. The van der Waals surface area contributed by atoms with Crippen LogP contribution in [0.15, 0.2) is 96.1 Å². The van der Waals surface area contributed by atoms with Crippen molar-refractivity contribution in [3.63, 3.8) is 0 Å². The largest absolute Gasteiger partial charge is 0.340 e. The predicted octanol–water partition coefficient (Wildman–Crippen LogP) is 9.25. The molecule has 1 aliphatic rings. The molecule has 4 aromatic carbocycles. The zero-order valence-corrected chi connectivity index (χ0v) is 24.3. The van der Waals surface area contributed by atoms with Crippen LogP contribution in [-0.4, -0.2) is 20.2 Å². The van der Waals surface area contributed by atoms with Crippen LogP contribution in [-0.2, 0) is 6.54 Å². The van der Waals surface area contributed by atoms with E-state index in [9.17, 15) is 10.1 Å². The molecule has 0 saturated heterocycles. The summed E-state index contributed by atoms with van der Waals surface area (Å²) in [7, 11) is 0. The topological polar surface area (TPSA) is 76.6 Å². The molecular weight excluding hydrogens is 542 g/mol. The van der Waals surface area contributed by atoms with Crippen molar-refractivity contribution in [3.8, 4) is 0 Å². The van der Waals surface area contributed by atoms with Crippen molar-refractivity contribution in [1.82, 2.24) is 9.55 Å². The van der Waals surface area contributed by atoms with Crippen molar-refractivity contribution in [2.45, 2.75) is 51.6 Å². The Morgan fingerprint density at radius 2 is 1.69 bits per heavy atom. The van der Waals surface area contributed by atoms with Gasteiger partial charge in [0.05, 0.1) is 26.9 Å². The zero-order valence-electron chi connectivity index (χ0n) is 23.4. The molecule has 1 atom stereocenters. The maximum atomic E-state index is 11.2. The van der Waals surface area contributed by atoms with Crippen LogP contribution in [0, 0.1) is 10.1 Å². The Hall–Kier alpha value is -4.56. The summed E-state index contributed by atoms with van der Waals surface area (Å²) in [5, 5.41) is 21.7. The number of hydrogen-bond donors (Lipinski definition) is 0. The van der Waals surface area contributed by atoms with Gasteiger partial charge in [0.25, 0.3) is 5.69 Å². The van der Waals surface area contributed by atoms with Gasteiger partial charge in [-0.2, -0.15) is 5.10 Å². The van der Waals surface area contributed by atoms with E-state index in [1.807, 2.05) is 23.2 Å². The summed E-state index contributed by atoms with van der Waals surface area (Å²) < 4.78 is 3.59. The number of unbranched alkanes of at least 4 members (excludes halogenated alkanes) is 3.